The number of piperidine rings is 1. The summed E-state index contributed by atoms with van der Waals surface area (Å²) in [4.78, 5) is 30.3. The number of hydrogen-bond donors (Lipinski definition) is 1. The van der Waals surface area contributed by atoms with Crippen molar-refractivity contribution in [3.63, 3.8) is 0 Å². The number of nitrogens with zero attached hydrogens (tertiary/aromatic N) is 2. The van der Waals surface area contributed by atoms with Gasteiger partial charge in [0, 0.05) is 26.2 Å². The predicted molar refractivity (Wildman–Crippen MR) is 126 cm³/mol. The lowest BCUT2D eigenvalue weighted by atomic mass is 9.97. The van der Waals surface area contributed by atoms with E-state index in [0.29, 0.717) is 31.0 Å². The molecule has 0 aliphatic carbocycles. The zero-order valence-corrected chi connectivity index (χ0v) is 19.6. The molecule has 2 aliphatic heterocycles. The van der Waals surface area contributed by atoms with E-state index in [4.69, 9.17) is 4.74 Å². The summed E-state index contributed by atoms with van der Waals surface area (Å²) in [5.74, 6) is 0.491. The third kappa shape index (κ3) is 5.71. The van der Waals surface area contributed by atoms with Crippen LogP contribution < -0.4 is 4.74 Å². The Balaban J connectivity index is 1.82. The topological polar surface area (TPSA) is 70.1 Å². The van der Waals surface area contributed by atoms with Gasteiger partial charge in [-0.25, -0.2) is 0 Å². The van der Waals surface area contributed by atoms with Gasteiger partial charge < -0.3 is 14.7 Å². The second-order valence-corrected chi connectivity index (χ2v) is 8.85. The summed E-state index contributed by atoms with van der Waals surface area (Å²) >= 11 is 0. The van der Waals surface area contributed by atoms with Gasteiger partial charge in [-0.3, -0.25) is 14.5 Å². The monoisotopic (exact) mass is 442 g/mol. The lowest BCUT2D eigenvalue weighted by Gasteiger charge is -2.34. The molecule has 0 aromatic heterocycles. The van der Waals surface area contributed by atoms with Crippen molar-refractivity contribution in [2.75, 3.05) is 32.8 Å². The van der Waals surface area contributed by atoms with Gasteiger partial charge in [0.05, 0.1) is 12.2 Å². The second kappa shape index (κ2) is 12.0. The molecule has 2 amide bonds. The van der Waals surface area contributed by atoms with Crippen LogP contribution in [-0.2, 0) is 9.59 Å². The number of amides is 2. The minimum absolute atomic E-state index is 0.103. The van der Waals surface area contributed by atoms with Gasteiger partial charge in [0.2, 0.25) is 0 Å². The molecule has 1 aromatic carbocycles. The summed E-state index contributed by atoms with van der Waals surface area (Å²) in [6, 6.07) is 7.44. The Kier molecular flexibility index (Phi) is 9.15. The summed E-state index contributed by atoms with van der Waals surface area (Å²) in [6.45, 7) is 6.61. The first kappa shape index (κ1) is 24.3. The molecular weight excluding hydrogens is 404 g/mol. The highest BCUT2D eigenvalue weighted by Gasteiger charge is 2.42. The van der Waals surface area contributed by atoms with Gasteiger partial charge in [-0.1, -0.05) is 51.2 Å². The Morgan fingerprint density at radius 1 is 1.00 bits per heavy atom. The molecule has 1 aromatic rings. The minimum Gasteiger partial charge on any atom is -0.494 e. The van der Waals surface area contributed by atoms with Gasteiger partial charge in [0.25, 0.3) is 11.8 Å². The molecule has 1 unspecified atom stereocenters. The molecule has 6 heteroatoms. The Morgan fingerprint density at radius 3 is 2.41 bits per heavy atom. The maximum Gasteiger partial charge on any atom is 0.277 e. The average molecular weight is 443 g/mol. The molecule has 0 spiro atoms. The van der Waals surface area contributed by atoms with Gasteiger partial charge in [-0.05, 0) is 49.8 Å². The normalized spacial score (nSPS) is 19.3. The predicted octanol–water partition coefficient (Wildman–Crippen LogP) is 4.23. The number of carbonyl (C=O) groups excluding carboxylic acids is 2. The molecular formula is C26H38N2O4. The molecule has 2 aliphatic rings. The van der Waals surface area contributed by atoms with E-state index in [1.807, 2.05) is 36.1 Å². The van der Waals surface area contributed by atoms with E-state index in [1.165, 1.54) is 24.2 Å². The first-order valence-electron chi connectivity index (χ1n) is 12.3. The van der Waals surface area contributed by atoms with Gasteiger partial charge >= 0.3 is 0 Å². The highest BCUT2D eigenvalue weighted by atomic mass is 16.5. The zero-order chi connectivity index (χ0) is 22.9. The highest BCUT2D eigenvalue weighted by molar-refractivity contribution is 6.35. The smallest absolute Gasteiger partial charge is 0.277 e. The number of carbonyl (C=O) groups is 2. The summed E-state index contributed by atoms with van der Waals surface area (Å²) in [7, 11) is 0. The average Bonchev–Trinajstić information content (AvgIpc) is 3.06. The van der Waals surface area contributed by atoms with Crippen molar-refractivity contribution < 1.29 is 19.4 Å². The largest absolute Gasteiger partial charge is 0.494 e. The molecule has 1 saturated heterocycles. The molecule has 3 rings (SSSR count). The summed E-state index contributed by atoms with van der Waals surface area (Å²) in [5, 5.41) is 9.67. The Morgan fingerprint density at radius 2 is 1.72 bits per heavy atom. The molecule has 176 valence electrons. The van der Waals surface area contributed by atoms with Crippen molar-refractivity contribution in [3.8, 4) is 5.75 Å². The summed E-state index contributed by atoms with van der Waals surface area (Å²) in [6.07, 6.45) is 8.50. The van der Waals surface area contributed by atoms with E-state index >= 15 is 0 Å². The van der Waals surface area contributed by atoms with Crippen LogP contribution in [0.5, 0.6) is 5.75 Å². The molecule has 6 nitrogen and oxygen atoms in total. The lowest BCUT2D eigenvalue weighted by Crippen LogP contribution is -2.40. The maximum atomic E-state index is 13.4. The van der Waals surface area contributed by atoms with Crippen molar-refractivity contribution >= 4 is 17.4 Å². The van der Waals surface area contributed by atoms with Crippen LogP contribution in [0.4, 0.5) is 0 Å². The van der Waals surface area contributed by atoms with Crippen molar-refractivity contribution in [3.05, 3.63) is 35.5 Å². The molecule has 0 radical (unpaired) electrons. The quantitative estimate of drug-likeness (QED) is 0.387. The SMILES string of the molecule is CCCCCCCCN1C(=O)C(c2ccc(OCC)cc2)=C(N2CCCC(CO)C2)C1=O. The third-order valence-electron chi connectivity index (χ3n) is 6.43. The number of imide groups is 1. The van der Waals surface area contributed by atoms with Gasteiger partial charge in [-0.15, -0.1) is 0 Å². The van der Waals surface area contributed by atoms with Crippen LogP contribution in [0, 0.1) is 5.92 Å². The van der Waals surface area contributed by atoms with E-state index in [1.54, 1.807) is 0 Å². The number of aliphatic hydroxyl groups is 1. The molecule has 0 saturated carbocycles. The number of benzene rings is 1. The van der Waals surface area contributed by atoms with Crippen LogP contribution in [0.1, 0.15) is 70.8 Å². The molecule has 32 heavy (non-hydrogen) atoms. The second-order valence-electron chi connectivity index (χ2n) is 8.85. The number of aliphatic hydroxyl groups excluding tert-OH is 1. The minimum atomic E-state index is -0.200. The molecule has 1 atom stereocenters. The lowest BCUT2D eigenvalue weighted by molar-refractivity contribution is -0.137. The first-order chi connectivity index (χ1) is 15.6. The third-order valence-corrected chi connectivity index (χ3v) is 6.43. The van der Waals surface area contributed by atoms with Gasteiger partial charge in [-0.2, -0.15) is 0 Å². The van der Waals surface area contributed by atoms with E-state index in [-0.39, 0.29) is 24.3 Å². The standard InChI is InChI=1S/C26H38N2O4/c1-3-5-6-7-8-9-17-28-25(30)23(21-12-14-22(15-13-21)32-4-2)24(26(28)31)27-16-10-11-20(18-27)19-29/h12-15,20,29H,3-11,16-19H2,1-2H3. The van der Waals surface area contributed by atoms with Crippen LogP contribution in [0.2, 0.25) is 0 Å². The van der Waals surface area contributed by atoms with Crippen LogP contribution in [0.3, 0.4) is 0 Å². The van der Waals surface area contributed by atoms with E-state index in [9.17, 15) is 14.7 Å². The Labute approximate surface area is 192 Å². The van der Waals surface area contributed by atoms with Crippen LogP contribution in [0.15, 0.2) is 30.0 Å². The van der Waals surface area contributed by atoms with E-state index in [0.717, 1.165) is 50.0 Å². The Bertz CT molecular complexity index is 803. The van der Waals surface area contributed by atoms with Crippen molar-refractivity contribution in [1.29, 1.82) is 0 Å². The van der Waals surface area contributed by atoms with Crippen molar-refractivity contribution in [2.45, 2.75) is 65.2 Å². The van der Waals surface area contributed by atoms with E-state index in [2.05, 4.69) is 6.92 Å². The first-order valence-corrected chi connectivity index (χ1v) is 12.3. The Hall–Kier alpha value is -2.34. The molecule has 2 heterocycles. The zero-order valence-electron chi connectivity index (χ0n) is 19.6. The number of unbranched alkanes of at least 4 members (excludes halogenated alkanes) is 5. The number of hydrogen-bond acceptors (Lipinski definition) is 5. The van der Waals surface area contributed by atoms with Crippen LogP contribution in [0.25, 0.3) is 5.57 Å². The van der Waals surface area contributed by atoms with Crippen molar-refractivity contribution in [1.82, 2.24) is 9.80 Å². The molecule has 0 bridgehead atoms. The maximum absolute atomic E-state index is 13.4. The van der Waals surface area contributed by atoms with Crippen molar-refractivity contribution in [2.24, 2.45) is 5.92 Å². The van der Waals surface area contributed by atoms with Crippen LogP contribution >= 0.6 is 0 Å². The summed E-state index contributed by atoms with van der Waals surface area (Å²) in [5.41, 5.74) is 1.74. The number of rotatable bonds is 12. The fourth-order valence-electron chi connectivity index (χ4n) is 4.67. The fourth-order valence-corrected chi connectivity index (χ4v) is 4.67. The molecule has 1 N–H and O–H groups in total. The van der Waals surface area contributed by atoms with Gasteiger partial charge in [0.1, 0.15) is 11.4 Å². The number of likely N-dealkylation sites (tertiary alicyclic amines) is 1. The molecule has 1 fully saturated rings. The van der Waals surface area contributed by atoms with E-state index < -0.39 is 0 Å². The fraction of sp³-hybridized carbons (Fsp3) is 0.615. The van der Waals surface area contributed by atoms with Gasteiger partial charge in [0.15, 0.2) is 0 Å². The summed E-state index contributed by atoms with van der Waals surface area (Å²) < 4.78 is 5.54. The highest BCUT2D eigenvalue weighted by Crippen LogP contribution is 2.34. The van der Waals surface area contributed by atoms with Crippen LogP contribution in [-0.4, -0.2) is 59.6 Å². The number of ether oxygens (including phenoxy) is 1.